The molecule has 3 rings (SSSR count). The molecule has 200 valence electrons. The molecule has 4 N–H and O–H groups in total. The zero-order valence-corrected chi connectivity index (χ0v) is 20.9. The molecule has 3 aromatic rings. The highest BCUT2D eigenvalue weighted by Crippen LogP contribution is 2.25. The number of nitrogens with one attached hydrogen (secondary N) is 3. The highest BCUT2D eigenvalue weighted by atomic mass is 16.7. The zero-order valence-electron chi connectivity index (χ0n) is 20.9. The van der Waals surface area contributed by atoms with Gasteiger partial charge in [-0.25, -0.2) is 14.9 Å². The number of carbonyl (C=O) groups excluding carboxylic acids is 1. The number of aromatic nitrogens is 1. The number of hydrogen-bond acceptors (Lipinski definition) is 6. The van der Waals surface area contributed by atoms with Gasteiger partial charge in [-0.1, -0.05) is 78.7 Å². The van der Waals surface area contributed by atoms with Gasteiger partial charge in [0.2, 0.25) is 6.41 Å². The molecule has 0 radical (unpaired) electrons. The minimum atomic E-state index is -1.13. The Morgan fingerprint density at radius 3 is 2.16 bits per heavy atom. The minimum absolute atomic E-state index is 0.0187. The van der Waals surface area contributed by atoms with Crippen molar-refractivity contribution in [2.45, 2.75) is 31.8 Å². The number of nitro groups is 1. The van der Waals surface area contributed by atoms with Crippen LogP contribution in [0.25, 0.3) is 0 Å². The number of hydrazine groups is 1. The number of aliphatic carboxylic acids is 1. The molecule has 0 bridgehead atoms. The molecular weight excluding hydrogens is 490 g/mol. The van der Waals surface area contributed by atoms with Crippen LogP contribution in [0.1, 0.15) is 35.6 Å². The Morgan fingerprint density at radius 1 is 1.08 bits per heavy atom. The van der Waals surface area contributed by atoms with Crippen LogP contribution in [-0.4, -0.2) is 39.7 Å². The van der Waals surface area contributed by atoms with E-state index in [0.29, 0.717) is 19.4 Å². The first-order valence-electron chi connectivity index (χ1n) is 11.8. The molecule has 0 aliphatic heterocycles. The third-order valence-electron chi connectivity index (χ3n) is 5.48. The van der Waals surface area contributed by atoms with Crippen LogP contribution in [-0.2, 0) is 9.59 Å². The first kappa shape index (κ1) is 29.3. The largest absolute Gasteiger partial charge is 0.480 e. The van der Waals surface area contributed by atoms with E-state index >= 15 is 0 Å². The van der Waals surface area contributed by atoms with E-state index < -0.39 is 17.0 Å². The predicted molar refractivity (Wildman–Crippen MR) is 143 cm³/mol. The van der Waals surface area contributed by atoms with Gasteiger partial charge in [0, 0.05) is 18.3 Å². The van der Waals surface area contributed by atoms with Crippen molar-refractivity contribution in [2.75, 3.05) is 6.54 Å². The Kier molecular flexibility index (Phi) is 11.8. The smallest absolute Gasteiger partial charge is 0.326 e. The minimum Gasteiger partial charge on any atom is -0.480 e. The molecule has 11 heteroatoms. The Balaban J connectivity index is 0.000000275. The van der Waals surface area contributed by atoms with Gasteiger partial charge >= 0.3 is 5.97 Å². The molecule has 0 saturated carbocycles. The second kappa shape index (κ2) is 15.2. The molecule has 1 amide bonds. The summed E-state index contributed by atoms with van der Waals surface area (Å²) in [6, 6.07) is 23.0. The van der Waals surface area contributed by atoms with Crippen molar-refractivity contribution in [3.8, 4) is 0 Å². The van der Waals surface area contributed by atoms with E-state index in [-0.39, 0.29) is 23.8 Å². The molecule has 38 heavy (non-hydrogen) atoms. The molecule has 0 saturated heterocycles. The van der Waals surface area contributed by atoms with E-state index in [1.165, 1.54) is 0 Å². The fraction of sp³-hybridized carbons (Fsp3) is 0.222. The quantitative estimate of drug-likeness (QED) is 0.116. The lowest BCUT2D eigenvalue weighted by Gasteiger charge is -2.21. The first-order chi connectivity index (χ1) is 18.2. The number of hydrogen-bond donors (Lipinski definition) is 4. The van der Waals surface area contributed by atoms with Crippen molar-refractivity contribution >= 4 is 12.4 Å². The SMILES string of the molecule is C=C(NCCCC(NC=O)C(=O)O)N[N+](=O)[O-].Cc1cccn(C(c2ccccc2)c2ccccc2)c1=O. The number of carboxylic acid groups (broad SMARTS) is 1. The number of carbonyl (C=O) groups is 2. The van der Waals surface area contributed by atoms with Crippen molar-refractivity contribution < 1.29 is 19.7 Å². The van der Waals surface area contributed by atoms with Crippen LogP contribution in [0.5, 0.6) is 0 Å². The molecule has 1 heterocycles. The highest BCUT2D eigenvalue weighted by molar-refractivity contribution is 5.76. The Bertz CT molecular complexity index is 1220. The van der Waals surface area contributed by atoms with E-state index in [1.54, 1.807) is 4.57 Å². The number of carboxylic acids is 1. The summed E-state index contributed by atoms with van der Waals surface area (Å²) in [5, 5.41) is 22.6. The monoisotopic (exact) mass is 521 g/mol. The van der Waals surface area contributed by atoms with E-state index in [2.05, 4.69) is 41.5 Å². The number of rotatable bonds is 13. The number of aryl methyl sites for hydroxylation is 1. The van der Waals surface area contributed by atoms with Crippen LogP contribution in [0.4, 0.5) is 0 Å². The Labute approximate surface area is 219 Å². The predicted octanol–water partition coefficient (Wildman–Crippen LogP) is 2.60. The molecule has 0 aliphatic carbocycles. The fourth-order valence-corrected chi connectivity index (χ4v) is 3.67. The molecule has 2 aromatic carbocycles. The van der Waals surface area contributed by atoms with Crippen LogP contribution in [0, 0.1) is 17.0 Å². The molecule has 1 atom stereocenters. The molecule has 0 aliphatic rings. The molecule has 0 fully saturated rings. The maximum Gasteiger partial charge on any atom is 0.326 e. The van der Waals surface area contributed by atoms with Gasteiger partial charge in [0.1, 0.15) is 6.04 Å². The van der Waals surface area contributed by atoms with Crippen molar-refractivity contribution in [3.63, 3.8) is 0 Å². The summed E-state index contributed by atoms with van der Waals surface area (Å²) in [6.45, 7) is 5.49. The topological polar surface area (TPSA) is 156 Å². The second-order valence-corrected chi connectivity index (χ2v) is 8.22. The maximum absolute atomic E-state index is 12.5. The summed E-state index contributed by atoms with van der Waals surface area (Å²) in [5.74, 6) is -1.11. The third-order valence-corrected chi connectivity index (χ3v) is 5.48. The van der Waals surface area contributed by atoms with E-state index in [1.807, 2.05) is 67.1 Å². The summed E-state index contributed by atoms with van der Waals surface area (Å²) >= 11 is 0. The summed E-state index contributed by atoms with van der Waals surface area (Å²) in [6.07, 6.45) is 2.81. The standard InChI is InChI=1S/C19H17NO.C8H14N4O5/c1-15-9-8-14-20(19(15)21)18(16-10-4-2-5-11-16)17-12-6-3-7-13-17;1-6(11-12(16)17)9-4-2-3-7(8(14)15)10-5-13/h2-14,18H,1H3;5,7,9,11H,1-4H2,(H,10,13)(H,14,15). The van der Waals surface area contributed by atoms with Gasteiger partial charge in [-0.15, -0.1) is 0 Å². The molecule has 0 spiro atoms. The number of nitrogens with zero attached hydrogens (tertiary/aromatic N) is 2. The summed E-state index contributed by atoms with van der Waals surface area (Å²) < 4.78 is 1.81. The van der Waals surface area contributed by atoms with Crippen molar-refractivity contribution in [1.82, 2.24) is 20.6 Å². The van der Waals surface area contributed by atoms with Crippen LogP contribution in [0.15, 0.2) is 96.2 Å². The molecular formula is C27H31N5O6. The van der Waals surface area contributed by atoms with Crippen molar-refractivity contribution in [3.05, 3.63) is 129 Å². The normalized spacial score (nSPS) is 10.9. The average molecular weight is 522 g/mol. The van der Waals surface area contributed by atoms with Gasteiger partial charge in [-0.3, -0.25) is 9.59 Å². The zero-order chi connectivity index (χ0) is 27.9. The van der Waals surface area contributed by atoms with Gasteiger partial charge in [0.05, 0.1) is 6.04 Å². The number of pyridine rings is 1. The van der Waals surface area contributed by atoms with Crippen LogP contribution < -0.4 is 21.6 Å². The molecule has 11 nitrogen and oxygen atoms in total. The lowest BCUT2D eigenvalue weighted by atomic mass is 9.98. The third kappa shape index (κ3) is 9.26. The van der Waals surface area contributed by atoms with Gasteiger partial charge < -0.3 is 20.3 Å². The maximum atomic E-state index is 12.5. The Morgan fingerprint density at radius 2 is 1.66 bits per heavy atom. The van der Waals surface area contributed by atoms with Crippen molar-refractivity contribution in [1.29, 1.82) is 0 Å². The van der Waals surface area contributed by atoms with Crippen LogP contribution >= 0.6 is 0 Å². The Hall–Kier alpha value is -4.93. The van der Waals surface area contributed by atoms with Crippen LogP contribution in [0.3, 0.4) is 0 Å². The highest BCUT2D eigenvalue weighted by Gasteiger charge is 2.17. The van der Waals surface area contributed by atoms with E-state index in [9.17, 15) is 24.5 Å². The van der Waals surface area contributed by atoms with Crippen molar-refractivity contribution in [2.24, 2.45) is 0 Å². The first-order valence-corrected chi connectivity index (χ1v) is 11.8. The lowest BCUT2D eigenvalue weighted by Crippen LogP contribution is -2.36. The van der Waals surface area contributed by atoms with E-state index in [4.69, 9.17) is 5.11 Å². The summed E-state index contributed by atoms with van der Waals surface area (Å²) in [7, 11) is 0. The average Bonchev–Trinajstić information content (AvgIpc) is 2.90. The van der Waals surface area contributed by atoms with Crippen LogP contribution in [0.2, 0.25) is 0 Å². The number of amides is 1. The van der Waals surface area contributed by atoms with Gasteiger partial charge in [-0.05, 0) is 37.0 Å². The van der Waals surface area contributed by atoms with Gasteiger partial charge in [-0.2, -0.15) is 0 Å². The fourth-order valence-electron chi connectivity index (χ4n) is 3.67. The lowest BCUT2D eigenvalue weighted by molar-refractivity contribution is -0.536. The summed E-state index contributed by atoms with van der Waals surface area (Å²) in [5.41, 5.74) is 4.83. The summed E-state index contributed by atoms with van der Waals surface area (Å²) in [4.78, 5) is 43.2. The second-order valence-electron chi connectivity index (χ2n) is 8.22. The number of benzene rings is 2. The molecule has 1 unspecified atom stereocenters. The molecule has 1 aromatic heterocycles. The van der Waals surface area contributed by atoms with Gasteiger partial charge in [0.25, 0.3) is 5.56 Å². The van der Waals surface area contributed by atoms with Gasteiger partial charge in [0.15, 0.2) is 10.9 Å². The van der Waals surface area contributed by atoms with E-state index in [0.717, 1.165) is 16.7 Å².